The molecule has 2 heteroatoms. The van der Waals surface area contributed by atoms with E-state index in [9.17, 15) is 0 Å². The van der Waals surface area contributed by atoms with Crippen molar-refractivity contribution in [2.24, 2.45) is 5.92 Å². The minimum absolute atomic E-state index is 0.624. The van der Waals surface area contributed by atoms with Crippen LogP contribution in [0.5, 0.6) is 0 Å². The molecule has 1 heterocycles. The standard InChI is InChI=1S/C17H21NO/c1-2-7-16-12(4-1)10-17(19-16)15-6-3-5-13(15)11-18-14-8-9-14/h1-2,4,7,10,13-15,18H,3,5-6,8-9,11H2. The minimum Gasteiger partial charge on any atom is -0.461 e. The van der Waals surface area contributed by atoms with Gasteiger partial charge >= 0.3 is 0 Å². The van der Waals surface area contributed by atoms with Gasteiger partial charge in [0.2, 0.25) is 0 Å². The molecule has 0 aliphatic heterocycles. The predicted octanol–water partition coefficient (Wildman–Crippen LogP) is 4.07. The molecular weight excluding hydrogens is 234 g/mol. The fourth-order valence-electron chi connectivity index (χ4n) is 3.45. The van der Waals surface area contributed by atoms with Crippen molar-refractivity contribution in [2.45, 2.75) is 44.1 Å². The lowest BCUT2D eigenvalue weighted by atomic mass is 9.93. The van der Waals surface area contributed by atoms with Gasteiger partial charge in [-0.3, -0.25) is 0 Å². The van der Waals surface area contributed by atoms with E-state index in [0.717, 1.165) is 17.5 Å². The zero-order chi connectivity index (χ0) is 12.7. The van der Waals surface area contributed by atoms with Crippen LogP contribution in [-0.4, -0.2) is 12.6 Å². The Morgan fingerprint density at radius 1 is 1.11 bits per heavy atom. The highest BCUT2D eigenvalue weighted by molar-refractivity contribution is 5.77. The number of furan rings is 1. The quantitative estimate of drug-likeness (QED) is 0.891. The lowest BCUT2D eigenvalue weighted by molar-refractivity contribution is 0.390. The number of para-hydroxylation sites is 1. The molecular formula is C17H21NO. The molecule has 2 nitrogen and oxygen atoms in total. The van der Waals surface area contributed by atoms with Gasteiger partial charge in [0.15, 0.2) is 0 Å². The van der Waals surface area contributed by atoms with Gasteiger partial charge < -0.3 is 9.73 Å². The van der Waals surface area contributed by atoms with Gasteiger partial charge in [-0.05, 0) is 50.3 Å². The molecule has 2 unspecified atom stereocenters. The second kappa shape index (κ2) is 4.68. The maximum absolute atomic E-state index is 6.08. The van der Waals surface area contributed by atoms with E-state index in [2.05, 4.69) is 35.6 Å². The van der Waals surface area contributed by atoms with E-state index in [1.165, 1.54) is 49.8 Å². The Morgan fingerprint density at radius 3 is 2.84 bits per heavy atom. The smallest absolute Gasteiger partial charge is 0.134 e. The molecule has 2 fully saturated rings. The van der Waals surface area contributed by atoms with Gasteiger partial charge in [-0.1, -0.05) is 24.6 Å². The Bertz CT molecular complexity index is 536. The zero-order valence-electron chi connectivity index (χ0n) is 11.3. The average Bonchev–Trinajstić information content (AvgIpc) is 3.00. The second-order valence-electron chi connectivity index (χ2n) is 6.17. The third-order valence-electron chi connectivity index (χ3n) is 4.72. The summed E-state index contributed by atoms with van der Waals surface area (Å²) in [4.78, 5) is 0. The van der Waals surface area contributed by atoms with Gasteiger partial charge in [0.1, 0.15) is 11.3 Å². The van der Waals surface area contributed by atoms with Crippen LogP contribution in [0.2, 0.25) is 0 Å². The van der Waals surface area contributed by atoms with Crippen LogP contribution in [0.15, 0.2) is 34.7 Å². The Hall–Kier alpha value is -1.28. The second-order valence-corrected chi connectivity index (χ2v) is 6.17. The Kier molecular flexibility index (Phi) is 2.84. The highest BCUT2D eigenvalue weighted by Crippen LogP contribution is 2.41. The number of hydrogen-bond donors (Lipinski definition) is 1. The first-order valence-corrected chi connectivity index (χ1v) is 7.62. The van der Waals surface area contributed by atoms with Crippen molar-refractivity contribution in [3.63, 3.8) is 0 Å². The maximum Gasteiger partial charge on any atom is 0.134 e. The third kappa shape index (κ3) is 2.30. The third-order valence-corrected chi connectivity index (χ3v) is 4.72. The zero-order valence-corrected chi connectivity index (χ0v) is 11.3. The van der Waals surface area contributed by atoms with E-state index in [0.29, 0.717) is 5.92 Å². The van der Waals surface area contributed by atoms with Crippen molar-refractivity contribution in [1.29, 1.82) is 0 Å². The molecule has 0 radical (unpaired) electrons. The summed E-state index contributed by atoms with van der Waals surface area (Å²) in [6, 6.07) is 11.4. The number of rotatable bonds is 4. The molecule has 2 saturated carbocycles. The van der Waals surface area contributed by atoms with Crippen LogP contribution in [0, 0.1) is 5.92 Å². The van der Waals surface area contributed by atoms with E-state index in [4.69, 9.17) is 4.42 Å². The SMILES string of the molecule is c1ccc2oc(C3CCCC3CNC3CC3)cc2c1. The van der Waals surface area contributed by atoms with E-state index < -0.39 is 0 Å². The van der Waals surface area contributed by atoms with Crippen LogP contribution in [0.3, 0.4) is 0 Å². The molecule has 19 heavy (non-hydrogen) atoms. The number of fused-ring (bicyclic) bond motifs is 1. The van der Waals surface area contributed by atoms with Gasteiger partial charge in [-0.15, -0.1) is 0 Å². The molecule has 1 aromatic carbocycles. The fraction of sp³-hybridized carbons (Fsp3) is 0.529. The van der Waals surface area contributed by atoms with Crippen molar-refractivity contribution in [3.05, 3.63) is 36.1 Å². The van der Waals surface area contributed by atoms with Crippen LogP contribution in [0.4, 0.5) is 0 Å². The van der Waals surface area contributed by atoms with Crippen LogP contribution in [0.1, 0.15) is 43.8 Å². The molecule has 100 valence electrons. The first-order valence-electron chi connectivity index (χ1n) is 7.62. The van der Waals surface area contributed by atoms with Crippen molar-refractivity contribution in [3.8, 4) is 0 Å². The summed E-state index contributed by atoms with van der Waals surface area (Å²) in [7, 11) is 0. The summed E-state index contributed by atoms with van der Waals surface area (Å²) in [6.07, 6.45) is 6.74. The van der Waals surface area contributed by atoms with Crippen LogP contribution in [0.25, 0.3) is 11.0 Å². The number of hydrogen-bond acceptors (Lipinski definition) is 2. The van der Waals surface area contributed by atoms with E-state index in [1.54, 1.807) is 0 Å². The fourth-order valence-corrected chi connectivity index (χ4v) is 3.45. The first-order chi connectivity index (χ1) is 9.40. The van der Waals surface area contributed by atoms with Crippen molar-refractivity contribution >= 4 is 11.0 Å². The van der Waals surface area contributed by atoms with Gasteiger partial charge in [0, 0.05) is 17.3 Å². The number of nitrogens with one attached hydrogen (secondary N) is 1. The first kappa shape index (κ1) is 11.5. The Labute approximate surface area is 114 Å². The lowest BCUT2D eigenvalue weighted by Gasteiger charge is -2.18. The highest BCUT2D eigenvalue weighted by Gasteiger charge is 2.32. The van der Waals surface area contributed by atoms with E-state index in [-0.39, 0.29) is 0 Å². The van der Waals surface area contributed by atoms with Gasteiger partial charge in [-0.2, -0.15) is 0 Å². The molecule has 2 atom stereocenters. The van der Waals surface area contributed by atoms with Crippen molar-refractivity contribution in [1.82, 2.24) is 5.32 Å². The molecule has 1 N–H and O–H groups in total. The van der Waals surface area contributed by atoms with Crippen LogP contribution < -0.4 is 5.32 Å². The Balaban J connectivity index is 1.55. The van der Waals surface area contributed by atoms with Gasteiger partial charge in [-0.25, -0.2) is 0 Å². The van der Waals surface area contributed by atoms with Gasteiger partial charge in [0.25, 0.3) is 0 Å². The lowest BCUT2D eigenvalue weighted by Crippen LogP contribution is -2.26. The summed E-state index contributed by atoms with van der Waals surface area (Å²) in [5.41, 5.74) is 1.04. The van der Waals surface area contributed by atoms with Crippen molar-refractivity contribution < 1.29 is 4.42 Å². The average molecular weight is 255 g/mol. The summed E-state index contributed by atoms with van der Waals surface area (Å²) in [5, 5.41) is 4.94. The summed E-state index contributed by atoms with van der Waals surface area (Å²) in [5.74, 6) is 2.60. The molecule has 0 bridgehead atoms. The van der Waals surface area contributed by atoms with Crippen molar-refractivity contribution in [2.75, 3.05) is 6.54 Å². The summed E-state index contributed by atoms with van der Waals surface area (Å²) in [6.45, 7) is 1.17. The number of benzene rings is 1. The van der Waals surface area contributed by atoms with Crippen LogP contribution >= 0.6 is 0 Å². The molecule has 2 aliphatic carbocycles. The summed E-state index contributed by atoms with van der Waals surface area (Å²) >= 11 is 0. The minimum atomic E-state index is 0.624. The normalized spacial score (nSPS) is 27.2. The highest BCUT2D eigenvalue weighted by atomic mass is 16.3. The Morgan fingerprint density at radius 2 is 2.00 bits per heavy atom. The van der Waals surface area contributed by atoms with E-state index >= 15 is 0 Å². The topological polar surface area (TPSA) is 25.2 Å². The molecule has 2 aromatic rings. The maximum atomic E-state index is 6.08. The molecule has 0 saturated heterocycles. The molecule has 1 aromatic heterocycles. The van der Waals surface area contributed by atoms with E-state index in [1.807, 2.05) is 0 Å². The monoisotopic (exact) mass is 255 g/mol. The molecule has 2 aliphatic rings. The largest absolute Gasteiger partial charge is 0.461 e. The van der Waals surface area contributed by atoms with Gasteiger partial charge in [0.05, 0.1) is 0 Å². The molecule has 0 spiro atoms. The molecule has 0 amide bonds. The summed E-state index contributed by atoms with van der Waals surface area (Å²) < 4.78 is 6.08. The predicted molar refractivity (Wildman–Crippen MR) is 77.3 cm³/mol. The molecule has 4 rings (SSSR count). The van der Waals surface area contributed by atoms with Crippen LogP contribution in [-0.2, 0) is 0 Å².